The first-order chi connectivity index (χ1) is 11.5. The number of urea groups is 1. The molecule has 0 saturated carbocycles. The summed E-state index contributed by atoms with van der Waals surface area (Å²) < 4.78 is 0. The van der Waals surface area contributed by atoms with Crippen LogP contribution in [0.25, 0.3) is 0 Å². The Kier molecular flexibility index (Phi) is 4.48. The third-order valence-electron chi connectivity index (χ3n) is 3.60. The zero-order valence-electron chi connectivity index (χ0n) is 12.6. The van der Waals surface area contributed by atoms with Gasteiger partial charge in [0, 0.05) is 16.3 Å². The van der Waals surface area contributed by atoms with Gasteiger partial charge in [-0.2, -0.15) is 0 Å². The molecule has 122 valence electrons. The van der Waals surface area contributed by atoms with E-state index in [1.54, 1.807) is 48.5 Å². The van der Waals surface area contributed by atoms with Crippen LogP contribution in [0.4, 0.5) is 10.5 Å². The summed E-state index contributed by atoms with van der Waals surface area (Å²) in [6.07, 6.45) is 0. The van der Waals surface area contributed by atoms with Crippen molar-refractivity contribution in [2.45, 2.75) is 6.54 Å². The van der Waals surface area contributed by atoms with Gasteiger partial charge >= 0.3 is 6.03 Å². The van der Waals surface area contributed by atoms with Gasteiger partial charge in [-0.25, -0.2) is 4.79 Å². The van der Waals surface area contributed by atoms with Crippen molar-refractivity contribution in [1.29, 1.82) is 0 Å². The Morgan fingerprint density at radius 3 is 2.33 bits per heavy atom. The van der Waals surface area contributed by atoms with Gasteiger partial charge < -0.3 is 10.6 Å². The number of halogens is 1. The van der Waals surface area contributed by atoms with E-state index in [2.05, 4.69) is 10.6 Å². The summed E-state index contributed by atoms with van der Waals surface area (Å²) in [5.74, 6) is -0.511. The highest BCUT2D eigenvalue weighted by Gasteiger charge is 2.28. The number of rotatable bonds is 4. The maximum atomic E-state index is 12.2. The molecule has 0 atom stereocenters. The molecule has 1 aliphatic heterocycles. The number of carbonyl (C=O) groups is 3. The number of carbonyl (C=O) groups excluding carboxylic acids is 3. The highest BCUT2D eigenvalue weighted by atomic mass is 35.5. The summed E-state index contributed by atoms with van der Waals surface area (Å²) >= 11 is 5.80. The van der Waals surface area contributed by atoms with E-state index in [4.69, 9.17) is 11.6 Å². The number of nitrogens with one attached hydrogen (secondary N) is 2. The Labute approximate surface area is 143 Å². The maximum absolute atomic E-state index is 12.2. The first-order valence-corrected chi connectivity index (χ1v) is 7.65. The van der Waals surface area contributed by atoms with Crippen LogP contribution in [0.15, 0.2) is 48.5 Å². The van der Waals surface area contributed by atoms with Crippen LogP contribution in [-0.2, 0) is 11.3 Å². The van der Waals surface area contributed by atoms with Gasteiger partial charge in [0.1, 0.15) is 0 Å². The third-order valence-corrected chi connectivity index (χ3v) is 3.85. The fraction of sp³-hybridized carbons (Fsp3) is 0.118. The molecule has 2 N–H and O–H groups in total. The number of imide groups is 1. The minimum Gasteiger partial charge on any atom is -0.329 e. The van der Waals surface area contributed by atoms with E-state index < -0.39 is 6.03 Å². The second-order valence-corrected chi connectivity index (χ2v) is 5.73. The molecule has 1 heterocycles. The van der Waals surface area contributed by atoms with Crippen LogP contribution in [0.1, 0.15) is 15.9 Å². The van der Waals surface area contributed by atoms with Crippen molar-refractivity contribution in [3.05, 3.63) is 64.7 Å². The molecule has 6 nitrogen and oxygen atoms in total. The molecule has 0 spiro atoms. The lowest BCUT2D eigenvalue weighted by molar-refractivity contribution is -0.125. The summed E-state index contributed by atoms with van der Waals surface area (Å²) in [4.78, 5) is 36.4. The summed E-state index contributed by atoms with van der Waals surface area (Å²) in [5, 5.41) is 5.83. The quantitative estimate of drug-likeness (QED) is 0.838. The number of hydrogen-bond donors (Lipinski definition) is 2. The summed E-state index contributed by atoms with van der Waals surface area (Å²) in [6, 6.07) is 13.2. The van der Waals surface area contributed by atoms with Crippen LogP contribution in [0.5, 0.6) is 0 Å². The molecule has 1 saturated heterocycles. The van der Waals surface area contributed by atoms with E-state index >= 15 is 0 Å². The molecular weight excluding hydrogens is 330 g/mol. The van der Waals surface area contributed by atoms with E-state index in [1.165, 1.54) is 0 Å². The van der Waals surface area contributed by atoms with Crippen molar-refractivity contribution < 1.29 is 14.4 Å². The lowest BCUT2D eigenvalue weighted by Crippen LogP contribution is -2.30. The average molecular weight is 344 g/mol. The first kappa shape index (κ1) is 16.0. The summed E-state index contributed by atoms with van der Waals surface area (Å²) in [6.45, 7) is 0.212. The second kappa shape index (κ2) is 6.72. The number of hydrogen-bond acceptors (Lipinski definition) is 3. The van der Waals surface area contributed by atoms with E-state index in [1.807, 2.05) is 0 Å². The van der Waals surface area contributed by atoms with Crippen molar-refractivity contribution in [3.8, 4) is 0 Å². The molecular formula is C17H14ClN3O3. The van der Waals surface area contributed by atoms with Gasteiger partial charge in [-0.1, -0.05) is 23.7 Å². The van der Waals surface area contributed by atoms with Crippen LogP contribution in [-0.4, -0.2) is 29.3 Å². The Morgan fingerprint density at radius 1 is 1.08 bits per heavy atom. The zero-order valence-corrected chi connectivity index (χ0v) is 13.3. The van der Waals surface area contributed by atoms with Gasteiger partial charge in [-0.05, 0) is 42.0 Å². The SMILES string of the molecule is O=C(Nc1ccc(Cl)cc1)c1ccc(CN2C(=O)CNC2=O)cc1. The molecule has 24 heavy (non-hydrogen) atoms. The first-order valence-electron chi connectivity index (χ1n) is 7.27. The van der Waals surface area contributed by atoms with Gasteiger partial charge in [-0.15, -0.1) is 0 Å². The third kappa shape index (κ3) is 3.55. The van der Waals surface area contributed by atoms with Crippen LogP contribution in [0.2, 0.25) is 5.02 Å². The molecule has 2 aromatic rings. The molecule has 0 aromatic heterocycles. The molecule has 3 rings (SSSR count). The van der Waals surface area contributed by atoms with Gasteiger partial charge in [0.25, 0.3) is 5.91 Å². The van der Waals surface area contributed by atoms with E-state index in [-0.39, 0.29) is 24.9 Å². The largest absolute Gasteiger partial charge is 0.329 e. The van der Waals surface area contributed by atoms with Gasteiger partial charge in [-0.3, -0.25) is 14.5 Å². The smallest absolute Gasteiger partial charge is 0.324 e. The number of nitrogens with zero attached hydrogens (tertiary/aromatic N) is 1. The van der Waals surface area contributed by atoms with Crippen molar-refractivity contribution in [3.63, 3.8) is 0 Å². The van der Waals surface area contributed by atoms with Gasteiger partial charge in [0.2, 0.25) is 5.91 Å². The van der Waals surface area contributed by atoms with Gasteiger partial charge in [0.15, 0.2) is 0 Å². The Bertz CT molecular complexity index is 772. The topological polar surface area (TPSA) is 78.5 Å². The minimum absolute atomic E-state index is 0.0282. The van der Waals surface area contributed by atoms with Crippen molar-refractivity contribution in [2.24, 2.45) is 0 Å². The average Bonchev–Trinajstić information content (AvgIpc) is 2.89. The molecule has 7 heteroatoms. The van der Waals surface area contributed by atoms with Crippen LogP contribution in [0.3, 0.4) is 0 Å². The van der Waals surface area contributed by atoms with Gasteiger partial charge in [0.05, 0.1) is 13.1 Å². The van der Waals surface area contributed by atoms with E-state index in [9.17, 15) is 14.4 Å². The molecule has 4 amide bonds. The monoisotopic (exact) mass is 343 g/mol. The second-order valence-electron chi connectivity index (χ2n) is 5.30. The van der Waals surface area contributed by atoms with Crippen LogP contribution < -0.4 is 10.6 Å². The van der Waals surface area contributed by atoms with Crippen molar-refractivity contribution >= 4 is 35.1 Å². The Balaban J connectivity index is 1.65. The lowest BCUT2D eigenvalue weighted by atomic mass is 10.1. The van der Waals surface area contributed by atoms with Crippen molar-refractivity contribution in [1.82, 2.24) is 10.2 Å². The molecule has 2 aromatic carbocycles. The fourth-order valence-electron chi connectivity index (χ4n) is 2.30. The standard InChI is InChI=1S/C17H14ClN3O3/c18-13-5-7-14(8-6-13)20-16(23)12-3-1-11(2-4-12)10-21-15(22)9-19-17(21)24/h1-8H,9-10H2,(H,19,24)(H,20,23). The lowest BCUT2D eigenvalue weighted by Gasteiger charge is -2.12. The fourth-order valence-corrected chi connectivity index (χ4v) is 2.42. The molecule has 1 aliphatic rings. The van der Waals surface area contributed by atoms with Crippen LogP contribution >= 0.6 is 11.6 Å². The highest BCUT2D eigenvalue weighted by molar-refractivity contribution is 6.30. The predicted octanol–water partition coefficient (Wildman–Crippen LogP) is 2.64. The summed E-state index contributed by atoms with van der Waals surface area (Å²) in [5.41, 5.74) is 1.89. The number of benzene rings is 2. The normalized spacial score (nSPS) is 13.8. The Morgan fingerprint density at radius 2 is 1.75 bits per heavy atom. The zero-order chi connectivity index (χ0) is 17.1. The highest BCUT2D eigenvalue weighted by Crippen LogP contribution is 2.15. The molecule has 0 unspecified atom stereocenters. The molecule has 0 radical (unpaired) electrons. The predicted molar refractivity (Wildman–Crippen MR) is 89.8 cm³/mol. The van der Waals surface area contributed by atoms with E-state index in [0.29, 0.717) is 16.3 Å². The molecule has 0 bridgehead atoms. The van der Waals surface area contributed by atoms with Crippen LogP contribution in [0, 0.1) is 0 Å². The minimum atomic E-state index is -0.399. The maximum Gasteiger partial charge on any atom is 0.324 e. The molecule has 1 fully saturated rings. The van der Waals surface area contributed by atoms with E-state index in [0.717, 1.165) is 10.5 Å². The molecule has 0 aliphatic carbocycles. The van der Waals surface area contributed by atoms with Crippen molar-refractivity contribution in [2.75, 3.05) is 11.9 Å². The Hall–Kier alpha value is -2.86. The summed E-state index contributed by atoms with van der Waals surface area (Å²) in [7, 11) is 0. The number of anilines is 1. The number of amides is 4.